The first-order valence-electron chi connectivity index (χ1n) is 10.6. The highest BCUT2D eigenvalue weighted by Gasteiger charge is 2.22. The van der Waals surface area contributed by atoms with E-state index in [0.717, 1.165) is 11.1 Å². The van der Waals surface area contributed by atoms with E-state index in [1.165, 1.54) is 0 Å². The number of benzene rings is 2. The third kappa shape index (κ3) is 9.39. The lowest BCUT2D eigenvalue weighted by atomic mass is 10.1. The van der Waals surface area contributed by atoms with E-state index in [9.17, 15) is 9.59 Å². The van der Waals surface area contributed by atoms with Crippen LogP contribution < -0.4 is 29.6 Å². The molecule has 0 spiro atoms. The van der Waals surface area contributed by atoms with E-state index in [-0.39, 0.29) is 39.9 Å². The van der Waals surface area contributed by atoms with Gasteiger partial charge >= 0.3 is 0 Å². The van der Waals surface area contributed by atoms with Crippen LogP contribution in [0.2, 0.25) is 0 Å². The number of nitrogens with one attached hydrogen (secondary N) is 2. The van der Waals surface area contributed by atoms with E-state index in [2.05, 4.69) is 28.5 Å². The molecule has 6 atom stereocenters. The van der Waals surface area contributed by atoms with Gasteiger partial charge in [-0.25, -0.2) is 0 Å². The van der Waals surface area contributed by atoms with Crippen molar-refractivity contribution in [2.45, 2.75) is 12.1 Å². The van der Waals surface area contributed by atoms with E-state index in [1.807, 2.05) is 24.3 Å². The Bertz CT molecular complexity index is 941. The molecule has 0 bridgehead atoms. The fourth-order valence-corrected chi connectivity index (χ4v) is 6.66. The van der Waals surface area contributed by atoms with Crippen molar-refractivity contribution in [3.8, 4) is 23.0 Å². The largest absolute Gasteiger partial charge is 0.497 e. The average Bonchev–Trinajstić information content (AvgIpc) is 2.92. The summed E-state index contributed by atoms with van der Waals surface area (Å²) >= 11 is 0. The number of rotatable bonds is 15. The first-order valence-corrected chi connectivity index (χ1v) is 18.7. The van der Waals surface area contributed by atoms with Gasteiger partial charge in [-0.1, -0.05) is 21.6 Å². The summed E-state index contributed by atoms with van der Waals surface area (Å²) in [6.07, 6.45) is 0. The molecule has 0 saturated heterocycles. The zero-order valence-electron chi connectivity index (χ0n) is 20.5. The molecule has 14 heteroatoms. The molecule has 2 rings (SSSR count). The quantitative estimate of drug-likeness (QED) is 0.139. The second kappa shape index (κ2) is 16.8. The Balaban J connectivity index is 2.17. The molecule has 0 fully saturated rings. The Labute approximate surface area is 228 Å². The number of methoxy groups -OCH3 is 4. The van der Waals surface area contributed by atoms with Crippen LogP contribution in [0.15, 0.2) is 36.4 Å². The van der Waals surface area contributed by atoms with Gasteiger partial charge in [-0.05, 0) is 40.8 Å². The number of ether oxygens (including phenoxy) is 4. The van der Waals surface area contributed by atoms with Crippen LogP contribution in [0.4, 0.5) is 9.59 Å². The SMILES string of the molecule is COc1ccc(C(CSSCC(NC(=O)PP)c2ccc(OC)cc2OC)NC(=O)PP)c(OC)c1. The highest BCUT2D eigenvalue weighted by Crippen LogP contribution is 2.38. The lowest BCUT2D eigenvalue weighted by Gasteiger charge is -2.23. The molecule has 0 aliphatic rings. The second-order valence-electron chi connectivity index (χ2n) is 7.13. The molecule has 198 valence electrons. The third-order valence-corrected chi connectivity index (χ3v) is 9.87. The standard InChI is InChI=1S/C22H32N2O6P4S2/c1-27-13-5-7-15(19(9-13)29-3)17(23-21(25)33-31)11-35-36-12-18(24-22(26)34-32)16-8-6-14(28-2)10-20(16)30-4/h5-10,17-18,33-34H,11-12,31-32H2,1-4H3,(H,23,25)(H,24,26). The molecule has 2 N–H and O–H groups in total. The normalized spacial score (nSPS) is 12.9. The minimum Gasteiger partial charge on any atom is -0.497 e. The molecule has 0 saturated carbocycles. The highest BCUT2D eigenvalue weighted by atomic mass is 33.1. The van der Waals surface area contributed by atoms with Gasteiger partial charge in [0.25, 0.3) is 0 Å². The summed E-state index contributed by atoms with van der Waals surface area (Å²) in [5, 5.41) is 6.16. The van der Waals surface area contributed by atoms with Crippen molar-refractivity contribution in [3.63, 3.8) is 0 Å². The summed E-state index contributed by atoms with van der Waals surface area (Å²) in [5.41, 5.74) is 1.63. The van der Waals surface area contributed by atoms with E-state index < -0.39 is 0 Å². The van der Waals surface area contributed by atoms with Crippen LogP contribution in [0.1, 0.15) is 23.2 Å². The predicted octanol–water partition coefficient (Wildman–Crippen LogP) is 6.24. The summed E-state index contributed by atoms with van der Waals surface area (Å²) in [6, 6.07) is 10.6. The van der Waals surface area contributed by atoms with Crippen LogP contribution in [0, 0.1) is 0 Å². The predicted molar refractivity (Wildman–Crippen MR) is 163 cm³/mol. The van der Waals surface area contributed by atoms with Crippen molar-refractivity contribution < 1.29 is 28.5 Å². The lowest BCUT2D eigenvalue weighted by molar-refractivity contribution is 0.257. The van der Waals surface area contributed by atoms with Gasteiger partial charge in [0, 0.05) is 34.8 Å². The fraction of sp³-hybridized carbons (Fsp3) is 0.364. The summed E-state index contributed by atoms with van der Waals surface area (Å²) in [7, 11) is 14.6. The molecule has 0 heterocycles. The molecule has 2 aromatic rings. The van der Waals surface area contributed by atoms with Crippen LogP contribution in [0.5, 0.6) is 23.0 Å². The summed E-state index contributed by atoms with van der Waals surface area (Å²) < 4.78 is 21.7. The van der Waals surface area contributed by atoms with Crippen molar-refractivity contribution in [2.75, 3.05) is 39.9 Å². The van der Waals surface area contributed by atoms with Crippen LogP contribution in [0.3, 0.4) is 0 Å². The van der Waals surface area contributed by atoms with E-state index >= 15 is 0 Å². The number of carbonyl (C=O) groups is 2. The highest BCUT2D eigenvalue weighted by molar-refractivity contribution is 8.76. The van der Waals surface area contributed by atoms with Gasteiger partial charge in [0.05, 0.1) is 40.5 Å². The van der Waals surface area contributed by atoms with Gasteiger partial charge < -0.3 is 29.6 Å². The molecule has 0 aliphatic carbocycles. The van der Waals surface area contributed by atoms with Gasteiger partial charge in [-0.15, -0.1) is 17.9 Å². The molecule has 2 amide bonds. The fourth-order valence-electron chi connectivity index (χ4n) is 3.26. The Morgan fingerprint density at radius 3 is 1.44 bits per heavy atom. The second-order valence-corrected chi connectivity index (χ2v) is 12.9. The molecule has 36 heavy (non-hydrogen) atoms. The molecule has 0 radical (unpaired) electrons. The minimum absolute atomic E-state index is 0.0528. The maximum Gasteiger partial charge on any atom is 0.242 e. The van der Waals surface area contributed by atoms with Crippen LogP contribution in [-0.4, -0.2) is 51.2 Å². The van der Waals surface area contributed by atoms with Gasteiger partial charge in [0.1, 0.15) is 23.0 Å². The van der Waals surface area contributed by atoms with Crippen LogP contribution >= 0.6 is 56.0 Å². The van der Waals surface area contributed by atoms with Gasteiger partial charge in [0.15, 0.2) is 0 Å². The maximum absolute atomic E-state index is 12.2. The van der Waals surface area contributed by atoms with Crippen molar-refractivity contribution in [3.05, 3.63) is 47.5 Å². The zero-order valence-corrected chi connectivity index (χ0v) is 26.4. The zero-order chi connectivity index (χ0) is 26.5. The molecule has 8 nitrogen and oxygen atoms in total. The molecular weight excluding hydrogens is 576 g/mol. The Morgan fingerprint density at radius 1 is 0.750 bits per heavy atom. The number of amides is 2. The maximum atomic E-state index is 12.2. The van der Waals surface area contributed by atoms with E-state index in [4.69, 9.17) is 18.9 Å². The van der Waals surface area contributed by atoms with Crippen LogP contribution in [0.25, 0.3) is 0 Å². The van der Waals surface area contributed by atoms with Gasteiger partial charge in [0.2, 0.25) is 11.3 Å². The van der Waals surface area contributed by atoms with Crippen molar-refractivity contribution >= 4 is 67.3 Å². The van der Waals surface area contributed by atoms with Crippen LogP contribution in [-0.2, 0) is 0 Å². The number of carbonyl (C=O) groups excluding carboxylic acids is 2. The minimum atomic E-state index is -0.263. The molecule has 0 aromatic heterocycles. The lowest BCUT2D eigenvalue weighted by Crippen LogP contribution is -2.27. The summed E-state index contributed by atoms with van der Waals surface area (Å²) in [5.74, 6) is 3.84. The topological polar surface area (TPSA) is 95.1 Å². The average molecular weight is 609 g/mol. The summed E-state index contributed by atoms with van der Waals surface area (Å²) in [6.45, 7) is 0. The Kier molecular flexibility index (Phi) is 14.5. The molecule has 0 aliphatic heterocycles. The third-order valence-electron chi connectivity index (χ3n) is 5.06. The molecule has 2 aromatic carbocycles. The first kappa shape index (κ1) is 31.2. The van der Waals surface area contributed by atoms with E-state index in [1.54, 1.807) is 62.2 Å². The molecular formula is C22H32N2O6P4S2. The molecule has 6 unspecified atom stereocenters. The summed E-state index contributed by atoms with van der Waals surface area (Å²) in [4.78, 5) is 24.5. The number of hydrogen-bond donors (Lipinski definition) is 2. The van der Waals surface area contributed by atoms with Gasteiger partial charge in [-0.2, -0.15) is 0 Å². The smallest absolute Gasteiger partial charge is 0.242 e. The Morgan fingerprint density at radius 2 is 1.14 bits per heavy atom. The van der Waals surface area contributed by atoms with Crippen molar-refractivity contribution in [1.82, 2.24) is 10.6 Å². The first-order chi connectivity index (χ1) is 17.4. The number of hydrogen-bond acceptors (Lipinski definition) is 8. The monoisotopic (exact) mass is 608 g/mol. The Hall–Kier alpha value is -1.00. The van der Waals surface area contributed by atoms with Gasteiger partial charge in [-0.3, -0.25) is 9.59 Å². The van der Waals surface area contributed by atoms with Crippen molar-refractivity contribution in [2.24, 2.45) is 0 Å². The van der Waals surface area contributed by atoms with E-state index in [0.29, 0.717) is 34.5 Å². The van der Waals surface area contributed by atoms with Crippen molar-refractivity contribution in [1.29, 1.82) is 0 Å².